The van der Waals surface area contributed by atoms with Crippen molar-refractivity contribution in [2.45, 2.75) is 32.5 Å². The van der Waals surface area contributed by atoms with E-state index in [2.05, 4.69) is 12.6 Å². The molecule has 18 heavy (non-hydrogen) atoms. The molecule has 0 aromatic carbocycles. The van der Waals surface area contributed by atoms with Gasteiger partial charge in [0.1, 0.15) is 12.0 Å². The van der Waals surface area contributed by atoms with Crippen molar-refractivity contribution in [2.75, 3.05) is 5.75 Å². The lowest BCUT2D eigenvalue weighted by molar-refractivity contribution is -0.179. The normalized spacial score (nSPS) is 16.8. The molecule has 0 spiro atoms. The Balaban J connectivity index is 4.84. The number of thiol groups is 1. The van der Waals surface area contributed by atoms with Crippen LogP contribution in [0.2, 0.25) is 0 Å². The zero-order valence-electron chi connectivity index (χ0n) is 9.99. The van der Waals surface area contributed by atoms with Gasteiger partial charge in [0.25, 0.3) is 0 Å². The Bertz CT molecular complexity index is 309. The van der Waals surface area contributed by atoms with Crippen molar-refractivity contribution in [2.24, 2.45) is 11.8 Å². The fourth-order valence-electron chi connectivity index (χ4n) is 1.27. The van der Waals surface area contributed by atoms with Crippen LogP contribution in [-0.4, -0.2) is 35.0 Å². The van der Waals surface area contributed by atoms with Crippen LogP contribution in [0.5, 0.6) is 0 Å². The Morgan fingerprint density at radius 1 is 1.39 bits per heavy atom. The van der Waals surface area contributed by atoms with Crippen LogP contribution in [0, 0.1) is 11.8 Å². The summed E-state index contributed by atoms with van der Waals surface area (Å²) < 4.78 is 37.3. The van der Waals surface area contributed by atoms with Crippen molar-refractivity contribution in [3.8, 4) is 0 Å². The van der Waals surface area contributed by atoms with E-state index < -0.39 is 41.7 Å². The number of halogens is 3. The summed E-state index contributed by atoms with van der Waals surface area (Å²) in [6, 6.07) is -1.33. The zero-order valence-corrected chi connectivity index (χ0v) is 10.9. The molecule has 2 unspecified atom stereocenters. The second-order valence-corrected chi connectivity index (χ2v) is 4.35. The lowest BCUT2D eigenvalue weighted by Gasteiger charge is -2.24. The van der Waals surface area contributed by atoms with Crippen molar-refractivity contribution in [1.29, 1.82) is 0 Å². The van der Waals surface area contributed by atoms with Gasteiger partial charge in [0.2, 0.25) is 5.91 Å². The Hall–Kier alpha value is -0.920. The van der Waals surface area contributed by atoms with Gasteiger partial charge in [-0.25, -0.2) is 4.79 Å². The van der Waals surface area contributed by atoms with Crippen LogP contribution >= 0.6 is 12.6 Å². The third-order valence-corrected chi connectivity index (χ3v) is 3.04. The average molecular weight is 287 g/mol. The second kappa shape index (κ2) is 6.86. The van der Waals surface area contributed by atoms with Crippen molar-refractivity contribution in [1.82, 2.24) is 5.32 Å². The fourth-order valence-corrected chi connectivity index (χ4v) is 1.64. The predicted octanol–water partition coefficient (Wildman–Crippen LogP) is 1.71. The molecule has 0 aliphatic heterocycles. The fraction of sp³-hybridized carbons (Fsp3) is 0.800. The number of hydrogen-bond donors (Lipinski definition) is 3. The van der Waals surface area contributed by atoms with Crippen LogP contribution < -0.4 is 5.32 Å². The van der Waals surface area contributed by atoms with Gasteiger partial charge in [-0.05, 0) is 5.92 Å². The molecule has 4 nitrogen and oxygen atoms in total. The van der Waals surface area contributed by atoms with Gasteiger partial charge >= 0.3 is 12.1 Å². The molecule has 0 aromatic rings. The molecule has 8 heteroatoms. The van der Waals surface area contributed by atoms with E-state index in [-0.39, 0.29) is 0 Å². The molecule has 0 rings (SSSR count). The summed E-state index contributed by atoms with van der Waals surface area (Å²) in [7, 11) is 0. The summed E-state index contributed by atoms with van der Waals surface area (Å²) in [4.78, 5) is 22.3. The van der Waals surface area contributed by atoms with Crippen LogP contribution in [0.15, 0.2) is 0 Å². The first-order valence-electron chi connectivity index (χ1n) is 5.35. The van der Waals surface area contributed by atoms with Crippen LogP contribution in [0.25, 0.3) is 0 Å². The van der Waals surface area contributed by atoms with E-state index in [1.807, 2.05) is 5.32 Å². The summed E-state index contributed by atoms with van der Waals surface area (Å²) in [6.07, 6.45) is -4.31. The van der Waals surface area contributed by atoms with Crippen LogP contribution in [-0.2, 0) is 9.59 Å². The number of nitrogens with one attached hydrogen (secondary N) is 1. The predicted molar refractivity (Wildman–Crippen MR) is 62.4 cm³/mol. The molecule has 3 atom stereocenters. The topological polar surface area (TPSA) is 66.4 Å². The Morgan fingerprint density at radius 2 is 1.89 bits per heavy atom. The van der Waals surface area contributed by atoms with Crippen molar-refractivity contribution < 1.29 is 27.9 Å². The minimum absolute atomic E-state index is 0.425. The Labute approximate surface area is 108 Å². The number of alkyl halides is 3. The third kappa shape index (κ3) is 4.75. The van der Waals surface area contributed by atoms with Gasteiger partial charge in [0, 0.05) is 5.75 Å². The molecule has 0 aliphatic carbocycles. The molecular weight excluding hydrogens is 271 g/mol. The molecule has 0 aliphatic rings. The molecule has 0 bridgehead atoms. The van der Waals surface area contributed by atoms with Gasteiger partial charge in [-0.2, -0.15) is 25.8 Å². The van der Waals surface area contributed by atoms with E-state index in [1.165, 1.54) is 0 Å². The van der Waals surface area contributed by atoms with Gasteiger partial charge in [0.15, 0.2) is 0 Å². The van der Waals surface area contributed by atoms with E-state index in [4.69, 9.17) is 5.11 Å². The maximum atomic E-state index is 12.4. The van der Waals surface area contributed by atoms with Crippen molar-refractivity contribution in [3.05, 3.63) is 0 Å². The molecular formula is C10H16F3NO3S. The van der Waals surface area contributed by atoms with Crippen molar-refractivity contribution in [3.63, 3.8) is 0 Å². The first-order chi connectivity index (χ1) is 8.15. The van der Waals surface area contributed by atoms with E-state index >= 15 is 0 Å². The molecule has 106 valence electrons. The van der Waals surface area contributed by atoms with Crippen LogP contribution in [0.4, 0.5) is 13.2 Å². The van der Waals surface area contributed by atoms with Gasteiger partial charge in [0.05, 0.1) is 0 Å². The van der Waals surface area contributed by atoms with Gasteiger partial charge in [-0.15, -0.1) is 0 Å². The smallest absolute Gasteiger partial charge is 0.401 e. The number of rotatable bonds is 6. The second-order valence-electron chi connectivity index (χ2n) is 3.99. The molecule has 0 fully saturated rings. The summed E-state index contributed by atoms with van der Waals surface area (Å²) in [5.41, 5.74) is 0. The Morgan fingerprint density at radius 3 is 2.17 bits per heavy atom. The van der Waals surface area contributed by atoms with Crippen LogP contribution in [0.3, 0.4) is 0 Å². The van der Waals surface area contributed by atoms with E-state index in [0.717, 1.165) is 0 Å². The summed E-state index contributed by atoms with van der Waals surface area (Å²) in [6.45, 7) is 3.23. The lowest BCUT2D eigenvalue weighted by Crippen LogP contribution is -2.50. The molecule has 0 heterocycles. The monoisotopic (exact) mass is 287 g/mol. The summed E-state index contributed by atoms with van der Waals surface area (Å²) in [5, 5.41) is 10.8. The highest BCUT2D eigenvalue weighted by molar-refractivity contribution is 7.80. The molecule has 0 radical (unpaired) electrons. The third-order valence-electron chi connectivity index (χ3n) is 2.67. The summed E-state index contributed by atoms with van der Waals surface area (Å²) in [5.74, 6) is -6.18. The van der Waals surface area contributed by atoms with E-state index in [9.17, 15) is 22.8 Å². The SMILES string of the molecule is CCC(C)[C@H](NC(=O)C(CS)C(F)(F)F)C(=O)O. The molecule has 1 amide bonds. The maximum absolute atomic E-state index is 12.4. The molecule has 2 N–H and O–H groups in total. The summed E-state index contributed by atoms with van der Waals surface area (Å²) >= 11 is 3.47. The highest BCUT2D eigenvalue weighted by Crippen LogP contribution is 2.27. The first kappa shape index (κ1) is 17.1. The number of aliphatic carboxylic acids is 1. The number of amides is 1. The number of carbonyl (C=O) groups is 2. The molecule has 0 saturated carbocycles. The van der Waals surface area contributed by atoms with Crippen molar-refractivity contribution >= 4 is 24.5 Å². The first-order valence-corrected chi connectivity index (χ1v) is 5.99. The zero-order chi connectivity index (χ0) is 14.5. The minimum atomic E-state index is -4.73. The largest absolute Gasteiger partial charge is 0.480 e. The number of carbonyl (C=O) groups excluding carboxylic acids is 1. The number of hydrogen-bond acceptors (Lipinski definition) is 3. The highest BCUT2D eigenvalue weighted by atomic mass is 32.1. The average Bonchev–Trinajstić information content (AvgIpc) is 2.23. The van der Waals surface area contributed by atoms with Crippen LogP contribution in [0.1, 0.15) is 20.3 Å². The minimum Gasteiger partial charge on any atom is -0.480 e. The van der Waals surface area contributed by atoms with Gasteiger partial charge in [-0.3, -0.25) is 4.79 Å². The van der Waals surface area contributed by atoms with Gasteiger partial charge < -0.3 is 10.4 Å². The quantitative estimate of drug-likeness (QED) is 0.652. The standard InChI is InChI=1S/C10H16F3NO3S/c1-3-5(2)7(9(16)17)14-8(15)6(4-18)10(11,12)13/h5-7,18H,3-4H2,1-2H3,(H,14,15)(H,16,17)/t5?,6?,7-/m0/s1. The number of carboxylic acid groups (broad SMARTS) is 1. The van der Waals surface area contributed by atoms with Gasteiger partial charge in [-0.1, -0.05) is 20.3 Å². The molecule has 0 saturated heterocycles. The highest BCUT2D eigenvalue weighted by Gasteiger charge is 2.45. The maximum Gasteiger partial charge on any atom is 0.401 e. The molecule has 0 aromatic heterocycles. The van der Waals surface area contributed by atoms with E-state index in [1.54, 1.807) is 13.8 Å². The number of carboxylic acids is 1. The van der Waals surface area contributed by atoms with E-state index in [0.29, 0.717) is 6.42 Å². The Kier molecular flexibility index (Phi) is 6.51. The lowest BCUT2D eigenvalue weighted by atomic mass is 9.98.